The number of hydrogen-bond acceptors (Lipinski definition) is 7. The molecule has 1 saturated heterocycles. The Kier molecular flexibility index (Phi) is 8.46. The number of hydrogen-bond donors (Lipinski definition) is 1. The highest BCUT2D eigenvalue weighted by molar-refractivity contribution is 5.82. The maximum absolute atomic E-state index is 12.3. The van der Waals surface area contributed by atoms with Crippen LogP contribution in [0.1, 0.15) is 44.2 Å². The van der Waals surface area contributed by atoms with E-state index in [1.165, 1.54) is 10.8 Å². The van der Waals surface area contributed by atoms with Crippen molar-refractivity contribution in [3.05, 3.63) is 77.9 Å². The van der Waals surface area contributed by atoms with E-state index in [0.717, 1.165) is 23.3 Å². The smallest absolute Gasteiger partial charge is 0.492 e. The van der Waals surface area contributed by atoms with Crippen LogP contribution in [0, 0.1) is 0 Å². The van der Waals surface area contributed by atoms with Crippen LogP contribution in [0.5, 0.6) is 5.75 Å². The average Bonchev–Trinajstić information content (AvgIpc) is 2.85. The third kappa shape index (κ3) is 7.20. The molecule has 2 atom stereocenters. The molecule has 0 bridgehead atoms. The van der Waals surface area contributed by atoms with E-state index in [2.05, 4.69) is 42.5 Å². The zero-order chi connectivity index (χ0) is 25.5. The first kappa shape index (κ1) is 25.9. The van der Waals surface area contributed by atoms with Crippen LogP contribution in [-0.2, 0) is 20.9 Å². The van der Waals surface area contributed by atoms with Crippen LogP contribution >= 0.6 is 0 Å². The highest BCUT2D eigenvalue weighted by Gasteiger charge is 2.34. The number of carbonyl (C=O) groups excluding carboxylic acids is 1. The minimum atomic E-state index is -0.698. The number of piperidine rings is 1. The van der Waals surface area contributed by atoms with E-state index in [0.29, 0.717) is 32.8 Å². The Hall–Kier alpha value is -3.13. The van der Waals surface area contributed by atoms with E-state index in [9.17, 15) is 4.79 Å². The molecule has 4 rings (SSSR count). The molecule has 0 aliphatic carbocycles. The molecule has 36 heavy (non-hydrogen) atoms. The number of nitrogens with zero attached hydrogens (tertiary/aromatic N) is 1. The Morgan fingerprint density at radius 2 is 1.78 bits per heavy atom. The summed E-state index contributed by atoms with van der Waals surface area (Å²) in [5, 5.41) is 4.03. The van der Waals surface area contributed by atoms with E-state index >= 15 is 0 Å². The molecule has 3 aromatic rings. The number of hydroxylamine groups is 2. The summed E-state index contributed by atoms with van der Waals surface area (Å²) >= 11 is 0. The van der Waals surface area contributed by atoms with Crippen LogP contribution in [0.25, 0.3) is 10.8 Å². The van der Waals surface area contributed by atoms with Crippen molar-refractivity contribution in [2.75, 3.05) is 26.2 Å². The second kappa shape index (κ2) is 11.7. The van der Waals surface area contributed by atoms with E-state index in [4.69, 9.17) is 24.8 Å². The van der Waals surface area contributed by atoms with Crippen LogP contribution in [0.4, 0.5) is 4.79 Å². The number of fused-ring (bicyclic) bond motifs is 1. The van der Waals surface area contributed by atoms with Crippen molar-refractivity contribution in [3.63, 3.8) is 0 Å². The number of ether oxygens (including phenoxy) is 3. The fourth-order valence-corrected chi connectivity index (χ4v) is 4.42. The van der Waals surface area contributed by atoms with Gasteiger partial charge < -0.3 is 24.8 Å². The fraction of sp³-hybridized carbons (Fsp3) is 0.414. The molecular formula is C29H36N2O5. The lowest BCUT2D eigenvalue weighted by Gasteiger charge is -2.37. The Labute approximate surface area is 213 Å². The SMILES string of the molecule is CC(C)(C)OC(=O)ON1CCC(c2ccc(OCCN)cc2)C(OCc2ccc3ccccc3c2)C1. The van der Waals surface area contributed by atoms with Crippen LogP contribution in [-0.4, -0.2) is 49.2 Å². The van der Waals surface area contributed by atoms with Gasteiger partial charge in [0.05, 0.1) is 19.3 Å². The minimum Gasteiger partial charge on any atom is -0.492 e. The largest absolute Gasteiger partial charge is 0.528 e. The summed E-state index contributed by atoms with van der Waals surface area (Å²) in [7, 11) is 0. The summed E-state index contributed by atoms with van der Waals surface area (Å²) in [4.78, 5) is 17.8. The molecule has 0 aromatic heterocycles. The van der Waals surface area contributed by atoms with Gasteiger partial charge in [-0.15, -0.1) is 5.06 Å². The highest BCUT2D eigenvalue weighted by atomic mass is 16.8. The standard InChI is InChI=1S/C29H36N2O5/c1-29(2,3)35-28(32)36-31-16-14-26(23-10-12-25(13-11-23)33-17-15-30)27(19-31)34-20-21-8-9-22-6-4-5-7-24(22)18-21/h4-13,18,26-27H,14-17,19-20,30H2,1-3H3. The van der Waals surface area contributed by atoms with Crippen LogP contribution in [0.3, 0.4) is 0 Å². The molecular weight excluding hydrogens is 456 g/mol. The van der Waals surface area contributed by atoms with Gasteiger partial charge in [0.2, 0.25) is 0 Å². The summed E-state index contributed by atoms with van der Waals surface area (Å²) in [6.45, 7) is 7.91. The lowest BCUT2D eigenvalue weighted by Crippen LogP contribution is -2.45. The summed E-state index contributed by atoms with van der Waals surface area (Å²) in [6, 6.07) is 22.7. The normalized spacial score (nSPS) is 18.7. The highest BCUT2D eigenvalue weighted by Crippen LogP contribution is 2.32. The van der Waals surface area contributed by atoms with Gasteiger partial charge in [0.25, 0.3) is 0 Å². The number of nitrogens with two attached hydrogens (primary N) is 1. The topological polar surface area (TPSA) is 83.2 Å². The van der Waals surface area contributed by atoms with Gasteiger partial charge in [0, 0.05) is 19.0 Å². The van der Waals surface area contributed by atoms with Crippen molar-refractivity contribution in [1.29, 1.82) is 0 Å². The van der Waals surface area contributed by atoms with Crippen molar-refractivity contribution >= 4 is 16.9 Å². The molecule has 2 N–H and O–H groups in total. The van der Waals surface area contributed by atoms with Gasteiger partial charge in [0.15, 0.2) is 0 Å². The summed E-state index contributed by atoms with van der Waals surface area (Å²) < 4.78 is 17.4. The third-order valence-electron chi connectivity index (χ3n) is 6.09. The van der Waals surface area contributed by atoms with Gasteiger partial charge in [-0.25, -0.2) is 4.79 Å². The first-order valence-electron chi connectivity index (χ1n) is 12.5. The van der Waals surface area contributed by atoms with Crippen LogP contribution in [0.15, 0.2) is 66.7 Å². The van der Waals surface area contributed by atoms with Crippen molar-refractivity contribution in [2.45, 2.75) is 51.4 Å². The number of carbonyl (C=O) groups is 1. The summed E-state index contributed by atoms with van der Waals surface area (Å²) in [6.07, 6.45) is -0.104. The zero-order valence-electron chi connectivity index (χ0n) is 21.3. The molecule has 3 aromatic carbocycles. The van der Waals surface area contributed by atoms with Gasteiger partial charge in [0.1, 0.15) is 18.0 Å². The molecule has 2 unspecified atom stereocenters. The lowest BCUT2D eigenvalue weighted by atomic mass is 9.87. The first-order valence-corrected chi connectivity index (χ1v) is 12.5. The Morgan fingerprint density at radius 3 is 2.50 bits per heavy atom. The number of benzene rings is 3. The maximum atomic E-state index is 12.3. The third-order valence-corrected chi connectivity index (χ3v) is 6.09. The zero-order valence-corrected chi connectivity index (χ0v) is 21.3. The van der Waals surface area contributed by atoms with Crippen molar-refractivity contribution in [3.8, 4) is 5.75 Å². The Morgan fingerprint density at radius 1 is 1.03 bits per heavy atom. The van der Waals surface area contributed by atoms with Crippen LogP contribution < -0.4 is 10.5 Å². The van der Waals surface area contributed by atoms with Crippen molar-refractivity contribution < 1.29 is 23.8 Å². The maximum Gasteiger partial charge on any atom is 0.528 e. The molecule has 1 heterocycles. The van der Waals surface area contributed by atoms with Gasteiger partial charge in [-0.1, -0.05) is 48.5 Å². The predicted molar refractivity (Wildman–Crippen MR) is 140 cm³/mol. The van der Waals surface area contributed by atoms with E-state index in [1.807, 2.05) is 45.0 Å². The minimum absolute atomic E-state index is 0.146. The first-order chi connectivity index (χ1) is 17.3. The van der Waals surface area contributed by atoms with Gasteiger partial charge >= 0.3 is 6.16 Å². The molecule has 0 saturated carbocycles. The fourth-order valence-electron chi connectivity index (χ4n) is 4.42. The summed E-state index contributed by atoms with van der Waals surface area (Å²) in [5.74, 6) is 0.941. The monoisotopic (exact) mass is 492 g/mol. The Bertz CT molecular complexity index is 1140. The molecule has 1 aliphatic rings. The van der Waals surface area contributed by atoms with Gasteiger partial charge in [-0.2, -0.15) is 0 Å². The summed E-state index contributed by atoms with van der Waals surface area (Å²) in [5.41, 5.74) is 7.19. The molecule has 0 spiro atoms. The molecule has 1 aliphatic heterocycles. The van der Waals surface area contributed by atoms with Crippen molar-refractivity contribution in [2.24, 2.45) is 5.73 Å². The van der Waals surface area contributed by atoms with Crippen molar-refractivity contribution in [1.82, 2.24) is 5.06 Å². The Balaban J connectivity index is 1.47. The second-order valence-corrected chi connectivity index (χ2v) is 10.1. The molecule has 7 nitrogen and oxygen atoms in total. The van der Waals surface area contributed by atoms with E-state index < -0.39 is 11.8 Å². The molecule has 0 amide bonds. The quantitative estimate of drug-likeness (QED) is 0.421. The van der Waals surface area contributed by atoms with E-state index in [1.54, 1.807) is 5.06 Å². The lowest BCUT2D eigenvalue weighted by molar-refractivity contribution is -0.179. The number of rotatable bonds is 8. The molecule has 7 heteroatoms. The molecule has 1 fully saturated rings. The molecule has 192 valence electrons. The predicted octanol–water partition coefficient (Wildman–Crippen LogP) is 5.42. The molecule has 0 radical (unpaired) electrons. The second-order valence-electron chi connectivity index (χ2n) is 10.1. The van der Waals surface area contributed by atoms with E-state index in [-0.39, 0.29) is 12.0 Å². The van der Waals surface area contributed by atoms with Crippen LogP contribution in [0.2, 0.25) is 0 Å². The average molecular weight is 493 g/mol. The van der Waals surface area contributed by atoms with Gasteiger partial charge in [-0.05, 0) is 67.3 Å². The van der Waals surface area contributed by atoms with Gasteiger partial charge in [-0.3, -0.25) is 0 Å².